The van der Waals surface area contributed by atoms with Crippen LogP contribution < -0.4 is 5.32 Å². The highest BCUT2D eigenvalue weighted by molar-refractivity contribution is 5.22. The molecular formula is C16H28N2. The van der Waals surface area contributed by atoms with E-state index in [1.54, 1.807) is 0 Å². The summed E-state index contributed by atoms with van der Waals surface area (Å²) in [6.45, 7) is 8.80. The maximum atomic E-state index is 3.66. The van der Waals surface area contributed by atoms with Gasteiger partial charge in [-0.2, -0.15) is 0 Å². The zero-order valence-electron chi connectivity index (χ0n) is 12.5. The van der Waals surface area contributed by atoms with Crippen LogP contribution in [0.2, 0.25) is 0 Å². The van der Waals surface area contributed by atoms with Crippen molar-refractivity contribution in [1.29, 1.82) is 0 Å². The predicted octanol–water partition coefficient (Wildman–Crippen LogP) is 2.92. The molecule has 1 N–H and O–H groups in total. The Labute approximate surface area is 112 Å². The van der Waals surface area contributed by atoms with Crippen LogP contribution in [0.15, 0.2) is 24.3 Å². The molecule has 0 amide bonds. The second kappa shape index (κ2) is 7.55. The highest BCUT2D eigenvalue weighted by Gasteiger charge is 2.13. The van der Waals surface area contributed by atoms with Gasteiger partial charge in [0.15, 0.2) is 0 Å². The number of likely N-dealkylation sites (N-methyl/N-ethyl adjacent to an activating group) is 1. The van der Waals surface area contributed by atoms with E-state index in [4.69, 9.17) is 0 Å². The number of nitrogens with zero attached hydrogens (tertiary/aromatic N) is 1. The monoisotopic (exact) mass is 248 g/mol. The normalized spacial score (nSPS) is 13.3. The van der Waals surface area contributed by atoms with Crippen LogP contribution in [0.1, 0.15) is 31.9 Å². The summed E-state index contributed by atoms with van der Waals surface area (Å²) in [4.78, 5) is 2.25. The Morgan fingerprint density at radius 2 is 1.61 bits per heavy atom. The summed E-state index contributed by atoms with van der Waals surface area (Å²) in [6, 6.07) is 9.48. The molecule has 1 atom stereocenters. The number of benzene rings is 1. The van der Waals surface area contributed by atoms with E-state index < -0.39 is 0 Å². The van der Waals surface area contributed by atoms with Crippen LogP contribution in [-0.4, -0.2) is 31.6 Å². The lowest BCUT2D eigenvalue weighted by molar-refractivity contribution is 0.288. The van der Waals surface area contributed by atoms with Gasteiger partial charge in [0.25, 0.3) is 0 Å². The standard InChI is InChI=1S/C16H28N2/c1-6-14-7-9-15(10-8-14)11-17-16(13(2)3)12-18(4)5/h7-10,13,16-17H,6,11-12H2,1-5H3. The summed E-state index contributed by atoms with van der Waals surface area (Å²) in [5.41, 5.74) is 2.78. The molecule has 2 nitrogen and oxygen atoms in total. The van der Waals surface area contributed by atoms with Crippen LogP contribution in [0.5, 0.6) is 0 Å². The molecule has 0 fully saturated rings. The van der Waals surface area contributed by atoms with Crippen molar-refractivity contribution in [3.63, 3.8) is 0 Å². The lowest BCUT2D eigenvalue weighted by Crippen LogP contribution is -2.41. The number of hydrogen-bond acceptors (Lipinski definition) is 2. The Balaban J connectivity index is 2.50. The molecule has 1 rings (SSSR count). The zero-order valence-corrected chi connectivity index (χ0v) is 12.5. The second-order valence-corrected chi connectivity index (χ2v) is 5.66. The highest BCUT2D eigenvalue weighted by Crippen LogP contribution is 2.07. The van der Waals surface area contributed by atoms with Gasteiger partial charge in [0, 0.05) is 19.1 Å². The van der Waals surface area contributed by atoms with E-state index in [2.05, 4.69) is 69.3 Å². The fourth-order valence-corrected chi connectivity index (χ4v) is 2.05. The van der Waals surface area contributed by atoms with Crippen molar-refractivity contribution in [2.45, 2.75) is 39.8 Å². The van der Waals surface area contributed by atoms with Crippen molar-refractivity contribution < 1.29 is 0 Å². The second-order valence-electron chi connectivity index (χ2n) is 5.66. The number of aryl methyl sites for hydroxylation is 1. The molecule has 0 spiro atoms. The first-order chi connectivity index (χ1) is 8.52. The molecule has 1 aromatic carbocycles. The van der Waals surface area contributed by atoms with Crippen LogP contribution in [0.25, 0.3) is 0 Å². The summed E-state index contributed by atoms with van der Waals surface area (Å²) < 4.78 is 0. The van der Waals surface area contributed by atoms with Crippen molar-refractivity contribution in [2.75, 3.05) is 20.6 Å². The molecule has 18 heavy (non-hydrogen) atoms. The van der Waals surface area contributed by atoms with Gasteiger partial charge in [0.05, 0.1) is 0 Å². The van der Waals surface area contributed by atoms with E-state index in [-0.39, 0.29) is 0 Å². The quantitative estimate of drug-likeness (QED) is 0.798. The smallest absolute Gasteiger partial charge is 0.0220 e. The third-order valence-electron chi connectivity index (χ3n) is 3.37. The van der Waals surface area contributed by atoms with Gasteiger partial charge in [-0.05, 0) is 37.6 Å². The highest BCUT2D eigenvalue weighted by atomic mass is 15.1. The Morgan fingerprint density at radius 1 is 1.06 bits per heavy atom. The molecule has 1 unspecified atom stereocenters. The Morgan fingerprint density at radius 3 is 2.06 bits per heavy atom. The minimum Gasteiger partial charge on any atom is -0.308 e. The molecule has 0 heterocycles. The van der Waals surface area contributed by atoms with Crippen molar-refractivity contribution in [3.8, 4) is 0 Å². The maximum Gasteiger partial charge on any atom is 0.0220 e. The van der Waals surface area contributed by atoms with Crippen LogP contribution in [0, 0.1) is 5.92 Å². The molecule has 0 aliphatic carbocycles. The van der Waals surface area contributed by atoms with Gasteiger partial charge in [-0.25, -0.2) is 0 Å². The SMILES string of the molecule is CCc1ccc(CNC(CN(C)C)C(C)C)cc1. The maximum absolute atomic E-state index is 3.66. The van der Waals surface area contributed by atoms with Gasteiger partial charge in [-0.15, -0.1) is 0 Å². The molecule has 0 aliphatic heterocycles. The van der Waals surface area contributed by atoms with Gasteiger partial charge in [0.2, 0.25) is 0 Å². The first-order valence-corrected chi connectivity index (χ1v) is 6.98. The van der Waals surface area contributed by atoms with E-state index in [0.29, 0.717) is 12.0 Å². The summed E-state index contributed by atoms with van der Waals surface area (Å²) >= 11 is 0. The fraction of sp³-hybridized carbons (Fsp3) is 0.625. The molecule has 0 aromatic heterocycles. The molecule has 0 saturated heterocycles. The average molecular weight is 248 g/mol. The summed E-state index contributed by atoms with van der Waals surface area (Å²) in [6.07, 6.45) is 1.11. The van der Waals surface area contributed by atoms with Crippen LogP contribution in [0.4, 0.5) is 0 Å². The minimum absolute atomic E-state index is 0.547. The zero-order chi connectivity index (χ0) is 13.5. The number of rotatable bonds is 7. The summed E-state index contributed by atoms with van der Waals surface area (Å²) in [5, 5.41) is 3.66. The lowest BCUT2D eigenvalue weighted by Gasteiger charge is -2.25. The molecule has 1 aromatic rings. The fourth-order valence-electron chi connectivity index (χ4n) is 2.05. The van der Waals surface area contributed by atoms with Gasteiger partial charge in [-0.1, -0.05) is 45.0 Å². The Bertz CT molecular complexity index is 327. The van der Waals surface area contributed by atoms with Crippen molar-refractivity contribution >= 4 is 0 Å². The molecule has 2 heteroatoms. The topological polar surface area (TPSA) is 15.3 Å². The third kappa shape index (κ3) is 5.19. The lowest BCUT2D eigenvalue weighted by atomic mass is 10.0. The van der Waals surface area contributed by atoms with Crippen LogP contribution in [-0.2, 0) is 13.0 Å². The summed E-state index contributed by atoms with van der Waals surface area (Å²) in [5.74, 6) is 0.655. The van der Waals surface area contributed by atoms with Crippen LogP contribution >= 0.6 is 0 Å². The first-order valence-electron chi connectivity index (χ1n) is 6.98. The van der Waals surface area contributed by atoms with Gasteiger partial charge in [-0.3, -0.25) is 0 Å². The van der Waals surface area contributed by atoms with Crippen molar-refractivity contribution in [1.82, 2.24) is 10.2 Å². The number of hydrogen-bond donors (Lipinski definition) is 1. The van der Waals surface area contributed by atoms with Crippen molar-refractivity contribution in [3.05, 3.63) is 35.4 Å². The first kappa shape index (κ1) is 15.2. The summed E-state index contributed by atoms with van der Waals surface area (Å²) in [7, 11) is 4.26. The molecule has 0 radical (unpaired) electrons. The third-order valence-corrected chi connectivity index (χ3v) is 3.37. The van der Waals surface area contributed by atoms with Gasteiger partial charge < -0.3 is 10.2 Å². The molecule has 102 valence electrons. The Hall–Kier alpha value is -0.860. The van der Waals surface area contributed by atoms with E-state index in [1.807, 2.05) is 0 Å². The van der Waals surface area contributed by atoms with E-state index in [0.717, 1.165) is 19.5 Å². The molecule has 0 aliphatic rings. The van der Waals surface area contributed by atoms with Gasteiger partial charge in [0.1, 0.15) is 0 Å². The minimum atomic E-state index is 0.547. The average Bonchev–Trinajstić information content (AvgIpc) is 2.34. The van der Waals surface area contributed by atoms with E-state index >= 15 is 0 Å². The van der Waals surface area contributed by atoms with Gasteiger partial charge >= 0.3 is 0 Å². The Kier molecular flexibility index (Phi) is 6.37. The van der Waals surface area contributed by atoms with Crippen LogP contribution in [0.3, 0.4) is 0 Å². The van der Waals surface area contributed by atoms with E-state index in [9.17, 15) is 0 Å². The largest absolute Gasteiger partial charge is 0.308 e. The van der Waals surface area contributed by atoms with Crippen molar-refractivity contribution in [2.24, 2.45) is 5.92 Å². The molecule has 0 bridgehead atoms. The number of nitrogens with one attached hydrogen (secondary N) is 1. The molecule has 0 saturated carbocycles. The predicted molar refractivity (Wildman–Crippen MR) is 79.8 cm³/mol. The van der Waals surface area contributed by atoms with E-state index in [1.165, 1.54) is 11.1 Å². The molecular weight excluding hydrogens is 220 g/mol.